The molecule has 0 aliphatic heterocycles. The molecular formula is C17H11FO4. The molecule has 0 radical (unpaired) electrons. The topological polar surface area (TPSA) is 56.5 Å². The van der Waals surface area contributed by atoms with E-state index in [1.165, 1.54) is 18.2 Å². The van der Waals surface area contributed by atoms with Crippen molar-refractivity contribution in [3.8, 4) is 5.75 Å². The summed E-state index contributed by atoms with van der Waals surface area (Å²) >= 11 is 0. The smallest absolute Gasteiger partial charge is 0.203 e. The van der Waals surface area contributed by atoms with Crippen LogP contribution < -0.4 is 10.2 Å². The zero-order chi connectivity index (χ0) is 15.5. The number of rotatable bonds is 4. The summed E-state index contributed by atoms with van der Waals surface area (Å²) in [7, 11) is 0. The molecular weight excluding hydrogens is 287 g/mol. The summed E-state index contributed by atoms with van der Waals surface area (Å²) in [6.07, 6.45) is 1.59. The number of hydrogen-bond donors (Lipinski definition) is 0. The normalized spacial score (nSPS) is 10.6. The summed E-state index contributed by atoms with van der Waals surface area (Å²) in [5.74, 6) is 0.153. The number of carbonyl (C=O) groups is 1. The maximum atomic E-state index is 12.8. The molecule has 2 aromatic carbocycles. The molecule has 0 N–H and O–H groups in total. The zero-order valence-electron chi connectivity index (χ0n) is 11.4. The Labute approximate surface area is 124 Å². The van der Waals surface area contributed by atoms with Crippen LogP contribution in [0.25, 0.3) is 11.0 Å². The van der Waals surface area contributed by atoms with E-state index in [4.69, 9.17) is 9.15 Å². The molecule has 110 valence electrons. The van der Waals surface area contributed by atoms with Crippen LogP contribution in [-0.2, 0) is 6.61 Å². The van der Waals surface area contributed by atoms with E-state index in [9.17, 15) is 14.0 Å². The van der Waals surface area contributed by atoms with E-state index >= 15 is 0 Å². The molecule has 1 aromatic heterocycles. The van der Waals surface area contributed by atoms with E-state index in [0.29, 0.717) is 17.6 Å². The van der Waals surface area contributed by atoms with Crippen LogP contribution in [0.15, 0.2) is 57.9 Å². The molecule has 3 aromatic rings. The molecule has 22 heavy (non-hydrogen) atoms. The Morgan fingerprint density at radius 3 is 2.64 bits per heavy atom. The summed E-state index contributed by atoms with van der Waals surface area (Å²) in [5.41, 5.74) is 0.742. The van der Waals surface area contributed by atoms with Crippen LogP contribution in [0.4, 0.5) is 4.39 Å². The first kappa shape index (κ1) is 14.0. The van der Waals surface area contributed by atoms with Gasteiger partial charge in [0.15, 0.2) is 6.29 Å². The lowest BCUT2D eigenvalue weighted by molar-refractivity contribution is 0.112. The minimum atomic E-state index is -0.400. The first-order valence-electron chi connectivity index (χ1n) is 6.55. The fraction of sp³-hybridized carbons (Fsp3) is 0.0588. The van der Waals surface area contributed by atoms with Crippen molar-refractivity contribution in [1.29, 1.82) is 0 Å². The highest BCUT2D eigenvalue weighted by Gasteiger charge is 2.07. The summed E-state index contributed by atoms with van der Waals surface area (Å²) < 4.78 is 23.6. The SMILES string of the molecule is O=Cc1coc2ccc(OCc3ccc(F)cc3)cc2c1=O. The summed E-state index contributed by atoms with van der Waals surface area (Å²) in [5, 5.41) is 0.279. The molecule has 1 heterocycles. The second kappa shape index (κ2) is 5.81. The van der Waals surface area contributed by atoms with Crippen molar-refractivity contribution in [1.82, 2.24) is 0 Å². The molecule has 0 spiro atoms. The van der Waals surface area contributed by atoms with Gasteiger partial charge in [-0.3, -0.25) is 9.59 Å². The van der Waals surface area contributed by atoms with E-state index < -0.39 is 5.43 Å². The van der Waals surface area contributed by atoms with Gasteiger partial charge in [0, 0.05) is 0 Å². The number of carbonyl (C=O) groups excluding carboxylic acids is 1. The predicted molar refractivity (Wildman–Crippen MR) is 78.6 cm³/mol. The van der Waals surface area contributed by atoms with Gasteiger partial charge in [0.25, 0.3) is 0 Å². The second-order valence-electron chi connectivity index (χ2n) is 4.71. The molecule has 0 saturated heterocycles. The van der Waals surface area contributed by atoms with E-state index in [1.807, 2.05) is 0 Å². The molecule has 4 nitrogen and oxygen atoms in total. The number of ether oxygens (including phenoxy) is 1. The van der Waals surface area contributed by atoms with Gasteiger partial charge in [-0.25, -0.2) is 4.39 Å². The fourth-order valence-corrected chi connectivity index (χ4v) is 2.04. The van der Waals surface area contributed by atoms with Crippen molar-refractivity contribution in [2.75, 3.05) is 0 Å². The third-order valence-electron chi connectivity index (χ3n) is 3.22. The summed E-state index contributed by atoms with van der Waals surface area (Å²) in [4.78, 5) is 22.8. The number of hydrogen-bond acceptors (Lipinski definition) is 4. The van der Waals surface area contributed by atoms with Crippen molar-refractivity contribution < 1.29 is 18.3 Å². The van der Waals surface area contributed by atoms with Gasteiger partial charge in [0.1, 0.15) is 30.0 Å². The van der Waals surface area contributed by atoms with Crippen molar-refractivity contribution in [3.63, 3.8) is 0 Å². The van der Waals surface area contributed by atoms with Gasteiger partial charge in [-0.1, -0.05) is 12.1 Å². The first-order chi connectivity index (χ1) is 10.7. The van der Waals surface area contributed by atoms with Crippen LogP contribution in [-0.4, -0.2) is 6.29 Å². The fourth-order valence-electron chi connectivity index (χ4n) is 2.04. The van der Waals surface area contributed by atoms with Gasteiger partial charge >= 0.3 is 0 Å². The van der Waals surface area contributed by atoms with Gasteiger partial charge in [-0.05, 0) is 35.9 Å². The molecule has 5 heteroatoms. The average molecular weight is 298 g/mol. The highest BCUT2D eigenvalue weighted by molar-refractivity contribution is 5.84. The molecule has 3 rings (SSSR count). The first-order valence-corrected chi connectivity index (χ1v) is 6.55. The highest BCUT2D eigenvalue weighted by atomic mass is 19.1. The second-order valence-corrected chi connectivity index (χ2v) is 4.71. The lowest BCUT2D eigenvalue weighted by Gasteiger charge is -2.07. The minimum absolute atomic E-state index is 0.0387. The van der Waals surface area contributed by atoms with Crippen molar-refractivity contribution >= 4 is 17.3 Å². The number of halogens is 1. The molecule has 0 saturated carbocycles. The van der Waals surface area contributed by atoms with Crippen molar-refractivity contribution in [3.05, 3.63) is 75.9 Å². The quantitative estimate of drug-likeness (QED) is 0.693. The van der Waals surface area contributed by atoms with E-state index in [0.717, 1.165) is 11.8 Å². The van der Waals surface area contributed by atoms with Crippen LogP contribution >= 0.6 is 0 Å². The molecule has 0 unspecified atom stereocenters. The molecule has 0 bridgehead atoms. The maximum absolute atomic E-state index is 12.8. The molecule has 0 aliphatic carbocycles. The minimum Gasteiger partial charge on any atom is -0.489 e. The summed E-state index contributed by atoms with van der Waals surface area (Å²) in [6, 6.07) is 10.7. The van der Waals surface area contributed by atoms with Gasteiger partial charge in [0.2, 0.25) is 5.43 Å². The standard InChI is InChI=1S/C17H11FO4/c18-13-3-1-11(2-4-13)9-21-14-5-6-16-15(7-14)17(20)12(8-19)10-22-16/h1-8,10H,9H2. The lowest BCUT2D eigenvalue weighted by atomic mass is 10.2. The Kier molecular flexibility index (Phi) is 3.70. The van der Waals surface area contributed by atoms with E-state index in [-0.39, 0.29) is 23.4 Å². The summed E-state index contributed by atoms with van der Waals surface area (Å²) in [6.45, 7) is 0.241. The third kappa shape index (κ3) is 2.74. The molecule has 0 amide bonds. The zero-order valence-corrected chi connectivity index (χ0v) is 11.4. The van der Waals surface area contributed by atoms with Crippen LogP contribution in [0.5, 0.6) is 5.75 Å². The Morgan fingerprint density at radius 1 is 1.14 bits per heavy atom. The van der Waals surface area contributed by atoms with Gasteiger partial charge < -0.3 is 9.15 Å². The molecule has 0 atom stereocenters. The third-order valence-corrected chi connectivity index (χ3v) is 3.22. The average Bonchev–Trinajstić information content (AvgIpc) is 2.55. The Balaban J connectivity index is 1.88. The number of fused-ring (bicyclic) bond motifs is 1. The van der Waals surface area contributed by atoms with Crippen molar-refractivity contribution in [2.24, 2.45) is 0 Å². The van der Waals surface area contributed by atoms with Gasteiger partial charge in [-0.2, -0.15) is 0 Å². The highest BCUT2D eigenvalue weighted by Crippen LogP contribution is 2.20. The largest absolute Gasteiger partial charge is 0.489 e. The predicted octanol–water partition coefficient (Wildman–Crippen LogP) is 3.32. The Morgan fingerprint density at radius 2 is 1.91 bits per heavy atom. The number of aldehydes is 1. The molecule has 0 aliphatic rings. The van der Waals surface area contributed by atoms with E-state index in [1.54, 1.807) is 24.3 Å². The monoisotopic (exact) mass is 298 g/mol. The van der Waals surface area contributed by atoms with Crippen LogP contribution in [0.1, 0.15) is 15.9 Å². The van der Waals surface area contributed by atoms with Crippen LogP contribution in [0.2, 0.25) is 0 Å². The number of benzene rings is 2. The van der Waals surface area contributed by atoms with Crippen molar-refractivity contribution in [2.45, 2.75) is 6.61 Å². The van der Waals surface area contributed by atoms with E-state index in [2.05, 4.69) is 0 Å². The maximum Gasteiger partial charge on any atom is 0.203 e. The Hall–Kier alpha value is -2.95. The lowest BCUT2D eigenvalue weighted by Crippen LogP contribution is -2.07. The van der Waals surface area contributed by atoms with Gasteiger partial charge in [-0.15, -0.1) is 0 Å². The molecule has 0 fully saturated rings. The van der Waals surface area contributed by atoms with Crippen LogP contribution in [0, 0.1) is 5.82 Å². The Bertz CT molecular complexity index is 881. The van der Waals surface area contributed by atoms with Gasteiger partial charge in [0.05, 0.1) is 10.9 Å². The van der Waals surface area contributed by atoms with Crippen LogP contribution in [0.3, 0.4) is 0 Å².